The first-order chi connectivity index (χ1) is 6.59. The van der Waals surface area contributed by atoms with Crippen LogP contribution in [0.2, 0.25) is 0 Å². The number of fused-ring (bicyclic) bond motifs is 1. The standard InChI is InChI=1S/C10H5FO3/c11-5-1-2-6-7(3-5)10(14)9(13)4-8(6)12/h1-4,12H. The quantitative estimate of drug-likeness (QED) is 0.633. The summed E-state index contributed by atoms with van der Waals surface area (Å²) >= 11 is 0. The Bertz CT molecular complexity index is 474. The smallest absolute Gasteiger partial charge is 0.233 e. The molecule has 0 aliphatic heterocycles. The number of halogens is 1. The van der Waals surface area contributed by atoms with E-state index in [9.17, 15) is 19.1 Å². The van der Waals surface area contributed by atoms with Crippen molar-refractivity contribution < 1.29 is 19.1 Å². The lowest BCUT2D eigenvalue weighted by Gasteiger charge is -2.10. The predicted octanol–water partition coefficient (Wildman–Crippen LogP) is 1.49. The number of ketones is 2. The number of aliphatic hydroxyl groups excluding tert-OH is 1. The summed E-state index contributed by atoms with van der Waals surface area (Å²) < 4.78 is 12.8. The third kappa shape index (κ3) is 1.12. The van der Waals surface area contributed by atoms with E-state index in [1.807, 2.05) is 0 Å². The molecule has 14 heavy (non-hydrogen) atoms. The molecule has 0 aromatic heterocycles. The van der Waals surface area contributed by atoms with Gasteiger partial charge in [-0.05, 0) is 18.2 Å². The lowest BCUT2D eigenvalue weighted by Crippen LogP contribution is -2.18. The molecule has 3 nitrogen and oxygen atoms in total. The van der Waals surface area contributed by atoms with Crippen LogP contribution in [-0.2, 0) is 4.79 Å². The minimum absolute atomic E-state index is 0.0880. The summed E-state index contributed by atoms with van der Waals surface area (Å²) in [6.45, 7) is 0. The second-order valence-corrected chi connectivity index (χ2v) is 2.91. The van der Waals surface area contributed by atoms with E-state index in [4.69, 9.17) is 0 Å². The number of hydrogen-bond acceptors (Lipinski definition) is 3. The van der Waals surface area contributed by atoms with Crippen LogP contribution in [-0.4, -0.2) is 16.7 Å². The number of rotatable bonds is 0. The topological polar surface area (TPSA) is 54.4 Å². The van der Waals surface area contributed by atoms with Gasteiger partial charge in [0, 0.05) is 17.2 Å². The van der Waals surface area contributed by atoms with Crippen LogP contribution in [0.3, 0.4) is 0 Å². The molecule has 1 aromatic rings. The summed E-state index contributed by atoms with van der Waals surface area (Å²) in [4.78, 5) is 22.2. The second-order valence-electron chi connectivity index (χ2n) is 2.91. The molecule has 0 unspecified atom stereocenters. The first-order valence-corrected chi connectivity index (χ1v) is 3.89. The van der Waals surface area contributed by atoms with Gasteiger partial charge in [0.1, 0.15) is 11.6 Å². The Morgan fingerprint density at radius 1 is 1.14 bits per heavy atom. The van der Waals surface area contributed by atoms with Gasteiger partial charge in [0.25, 0.3) is 0 Å². The molecule has 2 rings (SSSR count). The first kappa shape index (κ1) is 8.62. The molecule has 0 spiro atoms. The fourth-order valence-electron chi connectivity index (χ4n) is 1.33. The molecular weight excluding hydrogens is 187 g/mol. The number of allylic oxidation sites excluding steroid dienone is 1. The summed E-state index contributed by atoms with van der Waals surface area (Å²) in [5.74, 6) is -2.54. The molecule has 0 amide bonds. The zero-order chi connectivity index (χ0) is 10.3. The Morgan fingerprint density at radius 3 is 2.57 bits per heavy atom. The van der Waals surface area contributed by atoms with E-state index < -0.39 is 17.4 Å². The molecule has 4 heteroatoms. The second kappa shape index (κ2) is 2.77. The van der Waals surface area contributed by atoms with Gasteiger partial charge in [0.15, 0.2) is 0 Å². The van der Waals surface area contributed by atoms with Gasteiger partial charge < -0.3 is 5.11 Å². The van der Waals surface area contributed by atoms with E-state index >= 15 is 0 Å². The van der Waals surface area contributed by atoms with Crippen LogP contribution >= 0.6 is 0 Å². The lowest BCUT2D eigenvalue weighted by molar-refractivity contribution is -0.111. The van der Waals surface area contributed by atoms with Crippen molar-refractivity contribution in [3.8, 4) is 0 Å². The maximum atomic E-state index is 12.8. The Hall–Kier alpha value is -1.97. The van der Waals surface area contributed by atoms with Crippen LogP contribution in [0.1, 0.15) is 15.9 Å². The van der Waals surface area contributed by atoms with Gasteiger partial charge in [-0.1, -0.05) is 0 Å². The zero-order valence-corrected chi connectivity index (χ0v) is 6.95. The first-order valence-electron chi connectivity index (χ1n) is 3.89. The van der Waals surface area contributed by atoms with E-state index in [2.05, 4.69) is 0 Å². The van der Waals surface area contributed by atoms with Crippen molar-refractivity contribution in [1.29, 1.82) is 0 Å². The Kier molecular flexibility index (Phi) is 1.70. The third-order valence-electron chi connectivity index (χ3n) is 1.99. The molecule has 1 N–H and O–H groups in total. The molecule has 0 fully saturated rings. The predicted molar refractivity (Wildman–Crippen MR) is 46.3 cm³/mol. The minimum Gasteiger partial charge on any atom is -0.507 e. The maximum Gasteiger partial charge on any atom is 0.233 e. The van der Waals surface area contributed by atoms with Gasteiger partial charge in [0.05, 0.1) is 0 Å². The van der Waals surface area contributed by atoms with Crippen LogP contribution in [0.25, 0.3) is 5.76 Å². The van der Waals surface area contributed by atoms with Crippen molar-refractivity contribution >= 4 is 17.3 Å². The highest BCUT2D eigenvalue weighted by Crippen LogP contribution is 2.23. The summed E-state index contributed by atoms with van der Waals surface area (Å²) in [6.07, 6.45) is 0.836. The van der Waals surface area contributed by atoms with Crippen LogP contribution in [0, 0.1) is 5.82 Å². The number of aliphatic hydroxyl groups is 1. The Labute approximate surface area is 78.5 Å². The number of hydrogen-bond donors (Lipinski definition) is 1. The highest BCUT2D eigenvalue weighted by Gasteiger charge is 2.25. The molecule has 0 saturated heterocycles. The summed E-state index contributed by atoms with van der Waals surface area (Å²) in [7, 11) is 0. The molecule has 0 radical (unpaired) electrons. The van der Waals surface area contributed by atoms with Crippen molar-refractivity contribution in [2.75, 3.05) is 0 Å². The summed E-state index contributed by atoms with van der Waals surface area (Å²) in [5, 5.41) is 9.31. The van der Waals surface area contributed by atoms with E-state index in [-0.39, 0.29) is 16.9 Å². The van der Waals surface area contributed by atoms with Gasteiger partial charge in [-0.3, -0.25) is 9.59 Å². The van der Waals surface area contributed by atoms with E-state index in [0.29, 0.717) is 0 Å². The fraction of sp³-hybridized carbons (Fsp3) is 0. The van der Waals surface area contributed by atoms with Gasteiger partial charge >= 0.3 is 0 Å². The molecule has 1 aliphatic rings. The van der Waals surface area contributed by atoms with Crippen LogP contribution in [0.4, 0.5) is 4.39 Å². The molecule has 0 saturated carbocycles. The minimum atomic E-state index is -0.833. The van der Waals surface area contributed by atoms with Crippen molar-refractivity contribution in [2.45, 2.75) is 0 Å². The van der Waals surface area contributed by atoms with E-state index in [1.165, 1.54) is 6.07 Å². The van der Waals surface area contributed by atoms with Crippen molar-refractivity contribution in [3.05, 3.63) is 41.2 Å². The van der Waals surface area contributed by atoms with Gasteiger partial charge in [-0.25, -0.2) is 4.39 Å². The molecular formula is C10H5FO3. The van der Waals surface area contributed by atoms with Gasteiger partial charge in [-0.15, -0.1) is 0 Å². The Morgan fingerprint density at radius 2 is 1.86 bits per heavy atom. The van der Waals surface area contributed by atoms with Crippen molar-refractivity contribution in [1.82, 2.24) is 0 Å². The largest absolute Gasteiger partial charge is 0.507 e. The summed E-state index contributed by atoms with van der Waals surface area (Å²) in [5.41, 5.74) is 0.103. The molecule has 1 aromatic carbocycles. The van der Waals surface area contributed by atoms with Crippen LogP contribution < -0.4 is 0 Å². The average Bonchev–Trinajstić information content (AvgIpc) is 2.14. The third-order valence-corrected chi connectivity index (χ3v) is 1.99. The lowest BCUT2D eigenvalue weighted by atomic mass is 9.94. The molecule has 1 aliphatic carbocycles. The van der Waals surface area contributed by atoms with Gasteiger partial charge in [-0.2, -0.15) is 0 Å². The van der Waals surface area contributed by atoms with E-state index in [0.717, 1.165) is 18.2 Å². The number of Topliss-reactive ketones (excluding diaryl/α,β-unsaturated/α-hetero) is 1. The Balaban J connectivity index is 2.72. The molecule has 0 atom stereocenters. The monoisotopic (exact) mass is 192 g/mol. The maximum absolute atomic E-state index is 12.8. The average molecular weight is 192 g/mol. The van der Waals surface area contributed by atoms with Crippen LogP contribution in [0.15, 0.2) is 24.3 Å². The van der Waals surface area contributed by atoms with Crippen molar-refractivity contribution in [3.63, 3.8) is 0 Å². The van der Waals surface area contributed by atoms with Crippen LogP contribution in [0.5, 0.6) is 0 Å². The zero-order valence-electron chi connectivity index (χ0n) is 6.95. The molecule has 0 heterocycles. The summed E-state index contributed by atoms with van der Waals surface area (Å²) in [6, 6.07) is 3.32. The number of carbonyl (C=O) groups is 2. The normalized spacial score (nSPS) is 15.1. The molecule has 70 valence electrons. The number of benzene rings is 1. The van der Waals surface area contributed by atoms with Gasteiger partial charge in [0.2, 0.25) is 11.6 Å². The highest BCUT2D eigenvalue weighted by molar-refractivity contribution is 6.50. The van der Waals surface area contributed by atoms with E-state index in [1.54, 1.807) is 0 Å². The molecule has 0 bridgehead atoms. The number of carbonyl (C=O) groups excluding carboxylic acids is 2. The fourth-order valence-corrected chi connectivity index (χ4v) is 1.33. The SMILES string of the molecule is O=C1C=C(O)c2ccc(F)cc2C1=O. The van der Waals surface area contributed by atoms with Crippen molar-refractivity contribution in [2.24, 2.45) is 0 Å². The highest BCUT2D eigenvalue weighted by atomic mass is 19.1.